The number of nitrogens with one attached hydrogen (secondary N) is 1. The SMILES string of the molecule is COc1ccc(Br)cc1CNc1ccc(C)cc1F. The molecule has 2 aromatic rings. The van der Waals surface area contributed by atoms with E-state index in [1.54, 1.807) is 13.2 Å². The molecule has 2 aromatic carbocycles. The van der Waals surface area contributed by atoms with Gasteiger partial charge in [-0.15, -0.1) is 0 Å². The Labute approximate surface area is 120 Å². The second-order valence-electron chi connectivity index (χ2n) is 4.29. The summed E-state index contributed by atoms with van der Waals surface area (Å²) in [7, 11) is 1.62. The van der Waals surface area contributed by atoms with E-state index in [1.807, 2.05) is 31.2 Å². The molecule has 0 unspecified atom stereocenters. The van der Waals surface area contributed by atoms with Gasteiger partial charge in [0.2, 0.25) is 0 Å². The van der Waals surface area contributed by atoms with Gasteiger partial charge in [-0.05, 0) is 42.8 Å². The fourth-order valence-corrected chi connectivity index (χ4v) is 2.25. The number of aryl methyl sites for hydroxylation is 1. The molecule has 4 heteroatoms. The van der Waals surface area contributed by atoms with Crippen LogP contribution in [-0.2, 0) is 6.54 Å². The molecule has 2 nitrogen and oxygen atoms in total. The van der Waals surface area contributed by atoms with Crippen molar-refractivity contribution in [3.63, 3.8) is 0 Å². The Morgan fingerprint density at radius 2 is 2.00 bits per heavy atom. The van der Waals surface area contributed by atoms with Crippen LogP contribution in [0.2, 0.25) is 0 Å². The van der Waals surface area contributed by atoms with E-state index in [0.717, 1.165) is 21.3 Å². The van der Waals surface area contributed by atoms with Gasteiger partial charge in [0.05, 0.1) is 12.8 Å². The standard InChI is InChI=1S/C15H15BrFNO/c1-10-3-5-14(13(17)7-10)18-9-11-8-12(16)4-6-15(11)19-2/h3-8,18H,9H2,1-2H3. The maximum atomic E-state index is 13.7. The van der Waals surface area contributed by atoms with Gasteiger partial charge in [-0.1, -0.05) is 22.0 Å². The van der Waals surface area contributed by atoms with Crippen LogP contribution in [0.3, 0.4) is 0 Å². The molecule has 0 aromatic heterocycles. The molecule has 0 saturated heterocycles. The average molecular weight is 324 g/mol. The highest BCUT2D eigenvalue weighted by Gasteiger charge is 2.06. The van der Waals surface area contributed by atoms with E-state index in [1.165, 1.54) is 6.07 Å². The third-order valence-corrected chi connectivity index (χ3v) is 3.33. The predicted octanol–water partition coefficient (Wildman–Crippen LogP) is 4.52. The van der Waals surface area contributed by atoms with Crippen molar-refractivity contribution in [2.24, 2.45) is 0 Å². The number of hydrogen-bond acceptors (Lipinski definition) is 2. The molecule has 0 aliphatic carbocycles. The Kier molecular flexibility index (Phi) is 4.43. The van der Waals surface area contributed by atoms with Crippen LogP contribution >= 0.6 is 15.9 Å². The Hall–Kier alpha value is -1.55. The first-order chi connectivity index (χ1) is 9.10. The molecular formula is C15H15BrFNO. The first kappa shape index (κ1) is 13.9. The van der Waals surface area contributed by atoms with Crippen LogP contribution in [0.4, 0.5) is 10.1 Å². The molecule has 0 amide bonds. The highest BCUT2D eigenvalue weighted by atomic mass is 79.9. The fourth-order valence-electron chi connectivity index (χ4n) is 1.84. The number of methoxy groups -OCH3 is 1. The molecule has 0 atom stereocenters. The van der Waals surface area contributed by atoms with Crippen LogP contribution in [0.5, 0.6) is 5.75 Å². The highest BCUT2D eigenvalue weighted by molar-refractivity contribution is 9.10. The molecule has 0 spiro atoms. The number of benzene rings is 2. The van der Waals surface area contributed by atoms with Crippen LogP contribution in [0.15, 0.2) is 40.9 Å². The third-order valence-electron chi connectivity index (χ3n) is 2.84. The van der Waals surface area contributed by atoms with Gasteiger partial charge >= 0.3 is 0 Å². The van der Waals surface area contributed by atoms with Crippen LogP contribution in [0.1, 0.15) is 11.1 Å². The molecule has 19 heavy (non-hydrogen) atoms. The first-order valence-corrected chi connectivity index (χ1v) is 6.72. The van der Waals surface area contributed by atoms with Crippen molar-refractivity contribution in [2.45, 2.75) is 13.5 Å². The van der Waals surface area contributed by atoms with Crippen LogP contribution in [0.25, 0.3) is 0 Å². The lowest BCUT2D eigenvalue weighted by Crippen LogP contribution is -2.03. The summed E-state index contributed by atoms with van der Waals surface area (Å²) in [6.07, 6.45) is 0. The molecule has 1 N–H and O–H groups in total. The van der Waals surface area contributed by atoms with Gasteiger partial charge in [0.25, 0.3) is 0 Å². The van der Waals surface area contributed by atoms with Crippen molar-refractivity contribution < 1.29 is 9.13 Å². The number of halogens is 2. The summed E-state index contributed by atoms with van der Waals surface area (Å²) in [5.41, 5.74) is 2.37. The van der Waals surface area contributed by atoms with Gasteiger partial charge < -0.3 is 10.1 Å². The van der Waals surface area contributed by atoms with Gasteiger partial charge in [0.1, 0.15) is 11.6 Å². The molecule has 0 radical (unpaired) electrons. The quantitative estimate of drug-likeness (QED) is 0.893. The minimum atomic E-state index is -0.242. The molecule has 0 aliphatic heterocycles. The summed E-state index contributed by atoms with van der Waals surface area (Å²) in [6.45, 7) is 2.37. The van der Waals surface area contributed by atoms with Crippen molar-refractivity contribution in [1.82, 2.24) is 0 Å². The second kappa shape index (κ2) is 6.06. The summed E-state index contributed by atoms with van der Waals surface area (Å²) in [5, 5.41) is 3.08. The van der Waals surface area contributed by atoms with Crippen LogP contribution < -0.4 is 10.1 Å². The molecule has 0 fully saturated rings. The highest BCUT2D eigenvalue weighted by Crippen LogP contribution is 2.24. The molecule has 0 aliphatic rings. The lowest BCUT2D eigenvalue weighted by atomic mass is 10.2. The Balaban J connectivity index is 2.16. The maximum absolute atomic E-state index is 13.7. The lowest BCUT2D eigenvalue weighted by Gasteiger charge is -2.12. The molecule has 100 valence electrons. The molecular weight excluding hydrogens is 309 g/mol. The minimum Gasteiger partial charge on any atom is -0.496 e. The summed E-state index contributed by atoms with van der Waals surface area (Å²) in [4.78, 5) is 0. The van der Waals surface area contributed by atoms with Crippen molar-refractivity contribution in [1.29, 1.82) is 0 Å². The summed E-state index contributed by atoms with van der Waals surface area (Å²) in [6, 6.07) is 10.9. The first-order valence-electron chi connectivity index (χ1n) is 5.92. The van der Waals surface area contributed by atoms with E-state index >= 15 is 0 Å². The summed E-state index contributed by atoms with van der Waals surface area (Å²) < 4.78 is 20.0. The van der Waals surface area contributed by atoms with Crippen LogP contribution in [-0.4, -0.2) is 7.11 Å². The van der Waals surface area contributed by atoms with Gasteiger partial charge in [0.15, 0.2) is 0 Å². The zero-order chi connectivity index (χ0) is 13.8. The number of ether oxygens (including phenoxy) is 1. The zero-order valence-electron chi connectivity index (χ0n) is 10.8. The predicted molar refractivity (Wildman–Crippen MR) is 79.2 cm³/mol. The van der Waals surface area contributed by atoms with Crippen molar-refractivity contribution >= 4 is 21.6 Å². The number of rotatable bonds is 4. The average Bonchev–Trinajstić information content (AvgIpc) is 2.38. The molecule has 0 heterocycles. The van der Waals surface area contributed by atoms with E-state index in [4.69, 9.17) is 4.74 Å². The van der Waals surface area contributed by atoms with E-state index in [0.29, 0.717) is 12.2 Å². The van der Waals surface area contributed by atoms with E-state index in [9.17, 15) is 4.39 Å². The van der Waals surface area contributed by atoms with E-state index in [2.05, 4.69) is 21.2 Å². The number of anilines is 1. The van der Waals surface area contributed by atoms with Crippen molar-refractivity contribution in [2.75, 3.05) is 12.4 Å². The van der Waals surface area contributed by atoms with Gasteiger partial charge in [-0.25, -0.2) is 4.39 Å². The Morgan fingerprint density at radius 1 is 1.21 bits per heavy atom. The maximum Gasteiger partial charge on any atom is 0.146 e. The fraction of sp³-hybridized carbons (Fsp3) is 0.200. The Morgan fingerprint density at radius 3 is 2.68 bits per heavy atom. The Bertz CT molecular complexity index is 586. The molecule has 0 saturated carbocycles. The van der Waals surface area contributed by atoms with Gasteiger partial charge in [0, 0.05) is 16.6 Å². The third kappa shape index (κ3) is 3.47. The molecule has 2 rings (SSSR count). The lowest BCUT2D eigenvalue weighted by molar-refractivity contribution is 0.410. The van der Waals surface area contributed by atoms with Gasteiger partial charge in [-0.2, -0.15) is 0 Å². The van der Waals surface area contributed by atoms with Crippen molar-refractivity contribution in [3.8, 4) is 5.75 Å². The minimum absolute atomic E-state index is 0.242. The topological polar surface area (TPSA) is 21.3 Å². The normalized spacial score (nSPS) is 10.3. The largest absolute Gasteiger partial charge is 0.496 e. The number of hydrogen-bond donors (Lipinski definition) is 1. The molecule has 0 bridgehead atoms. The van der Waals surface area contributed by atoms with Crippen LogP contribution in [0, 0.1) is 12.7 Å². The summed E-state index contributed by atoms with van der Waals surface area (Å²) >= 11 is 3.42. The van der Waals surface area contributed by atoms with E-state index < -0.39 is 0 Å². The smallest absolute Gasteiger partial charge is 0.146 e. The summed E-state index contributed by atoms with van der Waals surface area (Å²) in [5.74, 6) is 0.539. The zero-order valence-corrected chi connectivity index (χ0v) is 12.4. The monoisotopic (exact) mass is 323 g/mol. The second-order valence-corrected chi connectivity index (χ2v) is 5.21. The van der Waals surface area contributed by atoms with Crippen molar-refractivity contribution in [3.05, 3.63) is 57.8 Å². The van der Waals surface area contributed by atoms with Gasteiger partial charge in [-0.3, -0.25) is 0 Å². The van der Waals surface area contributed by atoms with E-state index in [-0.39, 0.29) is 5.82 Å².